The predicted octanol–water partition coefficient (Wildman–Crippen LogP) is 2.88. The second kappa shape index (κ2) is 5.77. The Morgan fingerprint density at radius 1 is 1.31 bits per heavy atom. The van der Waals surface area contributed by atoms with Gasteiger partial charge in [-0.1, -0.05) is 41.4 Å². The molecule has 1 rings (SSSR count). The molecule has 0 aromatic heterocycles. The molecule has 4 N–H and O–H groups in total. The Balaban J connectivity index is 3.26. The first kappa shape index (κ1) is 12.9. The van der Waals surface area contributed by atoms with E-state index >= 15 is 0 Å². The summed E-state index contributed by atoms with van der Waals surface area (Å²) >= 11 is 12.1. The minimum Gasteiger partial charge on any atom is -0.370 e. The Bertz CT molecular complexity index is 403. The van der Waals surface area contributed by atoms with Gasteiger partial charge in [0.2, 0.25) is 0 Å². The number of nitrogens with two attached hydrogens (primary N) is 2. The van der Waals surface area contributed by atoms with Crippen molar-refractivity contribution in [3.8, 4) is 0 Å². The topological polar surface area (TPSA) is 64.4 Å². The molecule has 0 aliphatic carbocycles. The zero-order valence-electron chi connectivity index (χ0n) is 8.82. The summed E-state index contributed by atoms with van der Waals surface area (Å²) in [5.74, 6) is -0.000846. The van der Waals surface area contributed by atoms with Gasteiger partial charge in [0.15, 0.2) is 5.96 Å². The van der Waals surface area contributed by atoms with E-state index in [2.05, 4.69) is 4.99 Å². The highest BCUT2D eigenvalue weighted by atomic mass is 35.5. The molecule has 0 radical (unpaired) electrons. The van der Waals surface area contributed by atoms with Crippen LogP contribution in [0.5, 0.6) is 0 Å². The Morgan fingerprint density at radius 3 is 2.31 bits per heavy atom. The van der Waals surface area contributed by atoms with E-state index in [9.17, 15) is 0 Å². The fourth-order valence-electron chi connectivity index (χ4n) is 1.34. The molecule has 0 saturated carbocycles. The van der Waals surface area contributed by atoms with Gasteiger partial charge >= 0.3 is 0 Å². The number of rotatable bonds is 3. The molecule has 0 amide bonds. The van der Waals surface area contributed by atoms with Crippen LogP contribution in [0.4, 0.5) is 0 Å². The molecule has 0 aliphatic heterocycles. The first-order valence-electron chi connectivity index (χ1n) is 4.71. The highest BCUT2D eigenvalue weighted by Gasteiger charge is 2.14. The van der Waals surface area contributed by atoms with Gasteiger partial charge in [0.25, 0.3) is 0 Å². The van der Waals surface area contributed by atoms with Crippen molar-refractivity contribution in [2.75, 3.05) is 0 Å². The van der Waals surface area contributed by atoms with Crippen LogP contribution in [0.1, 0.15) is 18.5 Å². The normalized spacial score (nSPS) is 12.7. The van der Waals surface area contributed by atoms with Crippen molar-refractivity contribution >= 4 is 29.2 Å². The number of benzene rings is 1. The second-order valence-corrected chi connectivity index (χ2v) is 3.97. The highest BCUT2D eigenvalue weighted by Crippen LogP contribution is 2.33. The second-order valence-electron chi connectivity index (χ2n) is 3.16. The lowest BCUT2D eigenvalue weighted by Crippen LogP contribution is -2.23. The minimum atomic E-state index is -0.351. The molecule has 3 nitrogen and oxygen atoms in total. The first-order valence-corrected chi connectivity index (χ1v) is 5.47. The molecule has 5 heteroatoms. The van der Waals surface area contributed by atoms with Crippen molar-refractivity contribution in [3.05, 3.63) is 46.0 Å². The summed E-state index contributed by atoms with van der Waals surface area (Å²) in [6.45, 7) is 1.87. The molecular formula is C11H13Cl2N3. The molecule has 0 saturated heterocycles. The maximum absolute atomic E-state index is 6.07. The Morgan fingerprint density at radius 2 is 1.88 bits per heavy atom. The van der Waals surface area contributed by atoms with E-state index in [0.717, 1.165) is 0 Å². The number of hydrogen-bond acceptors (Lipinski definition) is 1. The van der Waals surface area contributed by atoms with Crippen LogP contribution in [0.15, 0.2) is 35.3 Å². The summed E-state index contributed by atoms with van der Waals surface area (Å²) in [5.41, 5.74) is 11.4. The van der Waals surface area contributed by atoms with Gasteiger partial charge in [-0.15, -0.1) is 0 Å². The third-order valence-corrected chi connectivity index (χ3v) is 2.62. The van der Waals surface area contributed by atoms with Gasteiger partial charge in [0.1, 0.15) is 0 Å². The smallest absolute Gasteiger partial charge is 0.186 e. The van der Waals surface area contributed by atoms with E-state index in [-0.39, 0.29) is 12.0 Å². The molecule has 16 heavy (non-hydrogen) atoms. The van der Waals surface area contributed by atoms with Gasteiger partial charge in [-0.05, 0) is 19.1 Å². The zero-order chi connectivity index (χ0) is 12.1. The Labute approximate surface area is 105 Å². The number of guanidine groups is 1. The van der Waals surface area contributed by atoms with Crippen LogP contribution < -0.4 is 11.5 Å². The minimum absolute atomic E-state index is 0.000846. The molecule has 1 aromatic carbocycles. The third kappa shape index (κ3) is 3.15. The van der Waals surface area contributed by atoms with Crippen LogP contribution in [-0.4, -0.2) is 5.96 Å². The van der Waals surface area contributed by atoms with E-state index < -0.39 is 0 Å². The van der Waals surface area contributed by atoms with E-state index in [1.165, 1.54) is 0 Å². The van der Waals surface area contributed by atoms with Crippen molar-refractivity contribution in [3.63, 3.8) is 0 Å². The summed E-state index contributed by atoms with van der Waals surface area (Å²) in [5, 5.41) is 1.08. The van der Waals surface area contributed by atoms with Crippen LogP contribution in [0.25, 0.3) is 0 Å². The van der Waals surface area contributed by atoms with Crippen LogP contribution in [0.2, 0.25) is 10.0 Å². The summed E-state index contributed by atoms with van der Waals surface area (Å²) < 4.78 is 0. The van der Waals surface area contributed by atoms with Crippen molar-refractivity contribution in [1.82, 2.24) is 0 Å². The van der Waals surface area contributed by atoms with E-state index in [4.69, 9.17) is 34.7 Å². The molecule has 0 bridgehead atoms. The molecule has 0 spiro atoms. The predicted molar refractivity (Wildman–Crippen MR) is 69.8 cm³/mol. The zero-order valence-corrected chi connectivity index (χ0v) is 10.3. The van der Waals surface area contributed by atoms with Crippen molar-refractivity contribution in [1.29, 1.82) is 0 Å². The lowest BCUT2D eigenvalue weighted by Gasteiger charge is -2.12. The molecule has 1 aromatic rings. The lowest BCUT2D eigenvalue weighted by atomic mass is 10.1. The number of aliphatic imine (C=N–C) groups is 1. The standard InChI is InChI=1S/C11H13Cl2N3/c1-2-4-9(16-11(14)15)10-7(12)5-3-6-8(10)13/h2-6,9H,1H3,(H4,14,15,16). The molecule has 86 valence electrons. The number of allylic oxidation sites excluding steroid dienone is 1. The van der Waals surface area contributed by atoms with Crippen molar-refractivity contribution in [2.24, 2.45) is 16.5 Å². The lowest BCUT2D eigenvalue weighted by molar-refractivity contribution is 0.904. The molecular weight excluding hydrogens is 245 g/mol. The average molecular weight is 258 g/mol. The number of nitrogens with zero attached hydrogens (tertiary/aromatic N) is 1. The SMILES string of the molecule is CC=CC(N=C(N)N)c1c(Cl)cccc1Cl. The van der Waals surface area contributed by atoms with E-state index in [1.807, 2.05) is 19.1 Å². The highest BCUT2D eigenvalue weighted by molar-refractivity contribution is 6.36. The fraction of sp³-hybridized carbons (Fsp3) is 0.182. The largest absolute Gasteiger partial charge is 0.370 e. The molecule has 1 atom stereocenters. The van der Waals surface area contributed by atoms with Crippen LogP contribution >= 0.6 is 23.2 Å². The Hall–Kier alpha value is -1.19. The molecule has 1 unspecified atom stereocenters. The van der Waals surface area contributed by atoms with Gasteiger partial charge in [0, 0.05) is 15.6 Å². The first-order chi connectivity index (χ1) is 7.56. The van der Waals surface area contributed by atoms with Gasteiger partial charge < -0.3 is 11.5 Å². The van der Waals surface area contributed by atoms with Crippen molar-refractivity contribution in [2.45, 2.75) is 13.0 Å². The van der Waals surface area contributed by atoms with Crippen LogP contribution in [-0.2, 0) is 0 Å². The Kier molecular flexibility index (Phi) is 4.65. The average Bonchev–Trinajstić information content (AvgIpc) is 2.16. The van der Waals surface area contributed by atoms with Gasteiger partial charge in [-0.2, -0.15) is 0 Å². The number of hydrogen-bond donors (Lipinski definition) is 2. The van der Waals surface area contributed by atoms with Crippen LogP contribution in [0, 0.1) is 0 Å². The quantitative estimate of drug-likeness (QED) is 0.497. The van der Waals surface area contributed by atoms with Crippen molar-refractivity contribution < 1.29 is 0 Å². The van der Waals surface area contributed by atoms with Gasteiger partial charge in [-0.3, -0.25) is 0 Å². The maximum atomic E-state index is 6.07. The number of halogens is 2. The molecule has 0 aliphatic rings. The van der Waals surface area contributed by atoms with Gasteiger partial charge in [0.05, 0.1) is 6.04 Å². The third-order valence-electron chi connectivity index (χ3n) is 1.96. The maximum Gasteiger partial charge on any atom is 0.186 e. The summed E-state index contributed by atoms with van der Waals surface area (Å²) in [4.78, 5) is 4.08. The van der Waals surface area contributed by atoms with E-state index in [1.54, 1.807) is 18.2 Å². The monoisotopic (exact) mass is 257 g/mol. The molecule has 0 fully saturated rings. The fourth-order valence-corrected chi connectivity index (χ4v) is 1.96. The van der Waals surface area contributed by atoms with E-state index in [0.29, 0.717) is 15.6 Å². The molecule has 0 heterocycles. The summed E-state index contributed by atoms with van der Waals surface area (Å²) in [7, 11) is 0. The van der Waals surface area contributed by atoms with Gasteiger partial charge in [-0.25, -0.2) is 4.99 Å². The summed E-state index contributed by atoms with van der Waals surface area (Å²) in [6.07, 6.45) is 3.67. The van der Waals surface area contributed by atoms with Crippen LogP contribution in [0.3, 0.4) is 0 Å². The summed E-state index contributed by atoms with van der Waals surface area (Å²) in [6, 6.07) is 4.93.